The van der Waals surface area contributed by atoms with E-state index in [-0.39, 0.29) is 24.7 Å². The van der Waals surface area contributed by atoms with Crippen molar-refractivity contribution in [3.8, 4) is 0 Å². The first-order chi connectivity index (χ1) is 12.0. The van der Waals surface area contributed by atoms with Crippen LogP contribution in [0.4, 0.5) is 13.2 Å². The summed E-state index contributed by atoms with van der Waals surface area (Å²) in [6.45, 7) is 0. The van der Waals surface area contributed by atoms with E-state index in [2.05, 4.69) is 14.9 Å². The van der Waals surface area contributed by atoms with Crippen LogP contribution in [0, 0.1) is 11.8 Å². The highest BCUT2D eigenvalue weighted by molar-refractivity contribution is 7.89. The van der Waals surface area contributed by atoms with Crippen LogP contribution in [0.5, 0.6) is 0 Å². The van der Waals surface area contributed by atoms with Gasteiger partial charge >= 0.3 is 6.18 Å². The van der Waals surface area contributed by atoms with Gasteiger partial charge in [-0.1, -0.05) is 11.6 Å². The highest BCUT2D eigenvalue weighted by atomic mass is 35.5. The highest BCUT2D eigenvalue weighted by Gasteiger charge is 2.63. The number of benzene rings is 1. The van der Waals surface area contributed by atoms with Gasteiger partial charge in [-0.2, -0.15) is 18.3 Å². The van der Waals surface area contributed by atoms with Crippen molar-refractivity contribution < 1.29 is 26.7 Å². The predicted molar refractivity (Wildman–Crippen MR) is 88.0 cm³/mol. The number of aromatic amines is 1. The zero-order valence-corrected chi connectivity index (χ0v) is 14.8. The van der Waals surface area contributed by atoms with E-state index in [1.807, 2.05) is 0 Å². The Balaban J connectivity index is 1.51. The molecule has 2 saturated carbocycles. The van der Waals surface area contributed by atoms with E-state index in [0.29, 0.717) is 21.5 Å². The summed E-state index contributed by atoms with van der Waals surface area (Å²) in [7, 11) is -4.45. The Morgan fingerprint density at radius 1 is 1.35 bits per heavy atom. The Morgan fingerprint density at radius 2 is 2.00 bits per heavy atom. The molecule has 0 spiro atoms. The van der Waals surface area contributed by atoms with E-state index in [9.17, 15) is 26.7 Å². The molecule has 0 radical (unpaired) electrons. The molecule has 11 heteroatoms. The lowest BCUT2D eigenvalue weighted by Gasteiger charge is -2.27. The lowest BCUT2D eigenvalue weighted by Crippen LogP contribution is -2.38. The number of aromatic nitrogens is 2. The summed E-state index contributed by atoms with van der Waals surface area (Å²) in [5.41, 5.74) is 0.0516. The van der Waals surface area contributed by atoms with Crippen molar-refractivity contribution in [2.24, 2.45) is 11.8 Å². The quantitative estimate of drug-likeness (QED) is 0.722. The molecule has 4 rings (SSSR count). The number of nitrogens with zero attached hydrogens (tertiary/aromatic N) is 1. The highest BCUT2D eigenvalue weighted by Crippen LogP contribution is 2.60. The standard InChI is InChI=1S/C15H15ClF3N3O3S/c16-7-1-11(10-5-20-21-12(10)2-7)14(23)3-8-9(4-14)13(8)22-26(24,25)6-15(17,18)19/h1-2,5,8-9,13,22-23H,3-4,6H2,(H,20,21)/t8-,9+,13+,14+. The molecular formula is C15H15ClF3N3O3S. The Morgan fingerprint density at radius 3 is 2.62 bits per heavy atom. The number of hydrogen-bond donors (Lipinski definition) is 3. The summed E-state index contributed by atoms with van der Waals surface area (Å²) >= 11 is 6.09. The smallest absolute Gasteiger partial charge is 0.385 e. The van der Waals surface area contributed by atoms with E-state index >= 15 is 0 Å². The molecule has 1 aromatic heterocycles. The van der Waals surface area contributed by atoms with Crippen molar-refractivity contribution in [2.75, 3.05) is 5.75 Å². The van der Waals surface area contributed by atoms with Gasteiger partial charge in [0.15, 0.2) is 5.75 Å². The molecule has 4 atom stereocenters. The van der Waals surface area contributed by atoms with E-state index < -0.39 is 33.6 Å². The van der Waals surface area contributed by atoms with E-state index in [1.165, 1.54) is 0 Å². The van der Waals surface area contributed by atoms with Gasteiger partial charge in [-0.25, -0.2) is 13.1 Å². The summed E-state index contributed by atoms with van der Waals surface area (Å²) in [4.78, 5) is 0. The molecule has 2 fully saturated rings. The number of halogens is 4. The predicted octanol–water partition coefficient (Wildman–Crippen LogP) is 2.29. The number of aliphatic hydroxyl groups is 1. The van der Waals surface area contributed by atoms with Crippen LogP contribution in [0.1, 0.15) is 18.4 Å². The minimum Gasteiger partial charge on any atom is -0.385 e. The van der Waals surface area contributed by atoms with Gasteiger partial charge in [0, 0.05) is 16.5 Å². The van der Waals surface area contributed by atoms with Crippen LogP contribution >= 0.6 is 11.6 Å². The van der Waals surface area contributed by atoms with E-state index in [4.69, 9.17) is 11.6 Å². The normalized spacial score (nSPS) is 31.3. The lowest BCUT2D eigenvalue weighted by molar-refractivity contribution is -0.106. The average molecular weight is 410 g/mol. The van der Waals surface area contributed by atoms with Crippen LogP contribution in [0.3, 0.4) is 0 Å². The molecule has 1 heterocycles. The number of rotatable bonds is 4. The number of H-pyrrole nitrogens is 1. The van der Waals surface area contributed by atoms with E-state index in [0.717, 1.165) is 0 Å². The molecule has 0 saturated heterocycles. The van der Waals surface area contributed by atoms with Gasteiger partial charge in [0.05, 0.1) is 17.3 Å². The monoisotopic (exact) mass is 409 g/mol. The molecule has 2 aliphatic carbocycles. The van der Waals surface area contributed by atoms with Gasteiger partial charge in [0.25, 0.3) is 0 Å². The van der Waals surface area contributed by atoms with Crippen LogP contribution in [0.2, 0.25) is 5.02 Å². The van der Waals surface area contributed by atoms with Crippen molar-refractivity contribution in [1.82, 2.24) is 14.9 Å². The fraction of sp³-hybridized carbons (Fsp3) is 0.533. The topological polar surface area (TPSA) is 95.1 Å². The summed E-state index contributed by atoms with van der Waals surface area (Å²) in [5, 5.41) is 18.9. The first kappa shape index (κ1) is 18.0. The number of fused-ring (bicyclic) bond motifs is 2. The molecule has 26 heavy (non-hydrogen) atoms. The number of sulfonamides is 1. The van der Waals surface area contributed by atoms with Crippen LogP contribution in [-0.4, -0.2) is 41.7 Å². The molecule has 0 bridgehead atoms. The van der Waals surface area contributed by atoms with Crippen molar-refractivity contribution >= 4 is 32.5 Å². The van der Waals surface area contributed by atoms with Crippen LogP contribution in [0.25, 0.3) is 10.9 Å². The Bertz CT molecular complexity index is 963. The molecule has 0 amide bonds. The molecular weight excluding hydrogens is 395 g/mol. The third-order valence-corrected chi connectivity index (χ3v) is 6.73. The number of nitrogens with one attached hydrogen (secondary N) is 2. The van der Waals surface area contributed by atoms with Gasteiger partial charge in [-0.15, -0.1) is 0 Å². The molecule has 0 unspecified atom stereocenters. The summed E-state index contributed by atoms with van der Waals surface area (Å²) in [5.74, 6) is -2.31. The summed E-state index contributed by atoms with van der Waals surface area (Å²) in [6, 6.07) is 2.76. The second kappa shape index (κ2) is 5.57. The maximum Gasteiger partial charge on any atom is 0.404 e. The van der Waals surface area contributed by atoms with Gasteiger partial charge in [-0.05, 0) is 42.4 Å². The summed E-state index contributed by atoms with van der Waals surface area (Å²) in [6.07, 6.45) is -2.72. The fourth-order valence-electron chi connectivity index (χ4n) is 4.13. The number of hydrogen-bond acceptors (Lipinski definition) is 4. The molecule has 1 aromatic carbocycles. The molecule has 0 aliphatic heterocycles. The third kappa shape index (κ3) is 3.19. The SMILES string of the molecule is O=S(=O)(CC(F)(F)F)N[C@H]1[C@@H]2C[C@@](O)(c3cc(Cl)cc4[nH]ncc34)C[C@@H]21. The molecule has 3 N–H and O–H groups in total. The first-order valence-electron chi connectivity index (χ1n) is 7.90. The van der Waals surface area contributed by atoms with Gasteiger partial charge in [0.1, 0.15) is 0 Å². The molecule has 142 valence electrons. The molecule has 2 aliphatic rings. The zero-order valence-electron chi connectivity index (χ0n) is 13.2. The van der Waals surface area contributed by atoms with Crippen molar-refractivity contribution in [3.05, 3.63) is 28.9 Å². The minimum atomic E-state index is -4.79. The van der Waals surface area contributed by atoms with Crippen molar-refractivity contribution in [2.45, 2.75) is 30.7 Å². The van der Waals surface area contributed by atoms with Gasteiger partial charge in [0.2, 0.25) is 10.0 Å². The van der Waals surface area contributed by atoms with Crippen LogP contribution < -0.4 is 4.72 Å². The number of alkyl halides is 3. The molecule has 6 nitrogen and oxygen atoms in total. The zero-order chi connectivity index (χ0) is 18.9. The van der Waals surface area contributed by atoms with Crippen LogP contribution in [-0.2, 0) is 15.6 Å². The maximum atomic E-state index is 12.3. The second-order valence-electron chi connectivity index (χ2n) is 7.07. The van der Waals surface area contributed by atoms with Crippen molar-refractivity contribution in [1.29, 1.82) is 0 Å². The second-order valence-corrected chi connectivity index (χ2v) is 9.26. The Labute approximate surface area is 151 Å². The van der Waals surface area contributed by atoms with Gasteiger partial charge in [-0.3, -0.25) is 5.10 Å². The van der Waals surface area contributed by atoms with Crippen molar-refractivity contribution in [3.63, 3.8) is 0 Å². The lowest BCUT2D eigenvalue weighted by atomic mass is 9.86. The third-order valence-electron chi connectivity index (χ3n) is 5.17. The average Bonchev–Trinajstić information content (AvgIpc) is 2.89. The summed E-state index contributed by atoms with van der Waals surface area (Å²) < 4.78 is 62.4. The Hall–Kier alpha value is -1.36. The van der Waals surface area contributed by atoms with E-state index in [1.54, 1.807) is 18.3 Å². The minimum absolute atomic E-state index is 0.205. The van der Waals surface area contributed by atoms with Gasteiger partial charge < -0.3 is 5.11 Å². The largest absolute Gasteiger partial charge is 0.404 e. The first-order valence-corrected chi connectivity index (χ1v) is 9.93. The molecule has 2 aromatic rings. The fourth-order valence-corrected chi connectivity index (χ4v) is 5.62. The van der Waals surface area contributed by atoms with Crippen LogP contribution in [0.15, 0.2) is 18.3 Å². The Kier molecular flexibility index (Phi) is 3.86. The maximum absolute atomic E-state index is 12.3.